The molecule has 0 amide bonds. The lowest BCUT2D eigenvalue weighted by molar-refractivity contribution is -0.249. The number of ether oxygens (including phenoxy) is 2. The fourth-order valence-electron chi connectivity index (χ4n) is 4.95. The minimum Gasteiger partial charge on any atom is -0.317 e. The molecule has 0 atom stereocenters. The molecule has 0 unspecified atom stereocenters. The molecule has 46 heavy (non-hydrogen) atoms. The molecule has 258 valence electrons. The molecule has 0 saturated heterocycles. The van der Waals surface area contributed by atoms with Gasteiger partial charge in [0.15, 0.2) is 0 Å². The van der Waals surface area contributed by atoms with Crippen LogP contribution in [0.15, 0.2) is 66.0 Å². The Hall–Kier alpha value is -1.49. The normalized spacial score (nSPS) is 11.8. The zero-order valence-electron chi connectivity index (χ0n) is 27.7. The second kappa shape index (κ2) is 23.8. The van der Waals surface area contributed by atoms with Crippen LogP contribution in [-0.4, -0.2) is 13.2 Å². The fraction of sp³-hybridized carbons (Fsp3) is 0.579. The van der Waals surface area contributed by atoms with E-state index < -0.39 is 12.2 Å². The van der Waals surface area contributed by atoms with E-state index in [1.54, 1.807) is 35.6 Å². The molecule has 0 aliphatic heterocycles. The molecule has 0 N–H and O–H groups in total. The predicted octanol–water partition coefficient (Wildman–Crippen LogP) is 14.1. The van der Waals surface area contributed by atoms with Crippen molar-refractivity contribution in [2.45, 2.75) is 129 Å². The van der Waals surface area contributed by atoms with Crippen molar-refractivity contribution in [2.24, 2.45) is 0 Å². The van der Waals surface area contributed by atoms with Gasteiger partial charge in [-0.15, -0.1) is 11.3 Å². The van der Waals surface area contributed by atoms with Crippen LogP contribution in [0.5, 0.6) is 0 Å². The molecule has 3 aromatic rings. The van der Waals surface area contributed by atoms with Crippen molar-refractivity contribution < 1.29 is 27.0 Å². The fourth-order valence-corrected chi connectivity index (χ4v) is 6.05. The van der Waals surface area contributed by atoms with Gasteiger partial charge in [-0.1, -0.05) is 122 Å². The Morgan fingerprint density at radius 3 is 1.33 bits per heavy atom. The molecule has 8 heteroatoms. The van der Waals surface area contributed by atoms with Crippen molar-refractivity contribution in [3.8, 4) is 10.4 Å². The highest BCUT2D eigenvalue weighted by atomic mass is 127. The van der Waals surface area contributed by atoms with Gasteiger partial charge in [0.25, 0.3) is 0 Å². The van der Waals surface area contributed by atoms with Crippen LogP contribution in [-0.2, 0) is 21.7 Å². The first-order valence-corrected chi connectivity index (χ1v) is 19.1. The number of hydrogen-bond donors (Lipinski definition) is 0. The molecular weight excluding hydrogens is 723 g/mol. The maximum absolute atomic E-state index is 14.1. The lowest BCUT2D eigenvalue weighted by atomic mass is 10.1. The van der Waals surface area contributed by atoms with Crippen molar-refractivity contribution >= 4 is 33.9 Å². The highest BCUT2D eigenvalue weighted by Gasteiger charge is 2.33. The summed E-state index contributed by atoms with van der Waals surface area (Å²) in [6, 6.07) is 16.5. The molecule has 0 fully saturated rings. The first kappa shape index (κ1) is 40.7. The van der Waals surface area contributed by atoms with E-state index in [0.29, 0.717) is 12.8 Å². The third kappa shape index (κ3) is 17.1. The molecule has 0 aliphatic rings. The summed E-state index contributed by atoms with van der Waals surface area (Å²) in [6.07, 6.45) is 11.7. The average molecular weight is 777 g/mol. The first-order chi connectivity index (χ1) is 22.2. The number of hydrogen-bond acceptors (Lipinski definition) is 3. The van der Waals surface area contributed by atoms with E-state index in [4.69, 9.17) is 9.47 Å². The second-order valence-corrected chi connectivity index (χ2v) is 13.9. The molecule has 1 aromatic heterocycles. The summed E-state index contributed by atoms with van der Waals surface area (Å²) in [7, 11) is 0. The Morgan fingerprint density at radius 1 is 0.543 bits per heavy atom. The number of unbranched alkanes of at least 4 members (excludes halogenated alkanes) is 14. The number of thiophene rings is 1. The summed E-state index contributed by atoms with van der Waals surface area (Å²) in [5.74, 6) is 0. The van der Waals surface area contributed by atoms with E-state index in [0.717, 1.165) is 39.7 Å². The van der Waals surface area contributed by atoms with Crippen LogP contribution in [0.4, 0.5) is 17.6 Å². The van der Waals surface area contributed by atoms with Crippen LogP contribution < -0.4 is 0 Å². The standard InChI is InChI=1S/C21H28F2OS.C17H25F2IO/c1-2-3-4-5-6-7-8-9-16-24-21(22,23)19-14-12-18(13-15-19)20-11-10-17-25-20;1-2-3-4-5-6-7-8-9-14-21-17(18,19)15-10-12-16(20)13-11-15/h10-15,17H,2-9,16H2,1H3;10-13H,2-9,14H2,1H3. The van der Waals surface area contributed by atoms with Crippen LogP contribution in [0.2, 0.25) is 0 Å². The maximum atomic E-state index is 14.1. The molecule has 0 saturated carbocycles. The third-order valence-corrected chi connectivity index (χ3v) is 9.41. The molecule has 1 heterocycles. The number of rotatable bonds is 23. The molecule has 0 bridgehead atoms. The minimum atomic E-state index is -3.21. The van der Waals surface area contributed by atoms with Gasteiger partial charge in [-0.05, 0) is 88.8 Å². The van der Waals surface area contributed by atoms with Crippen LogP contribution >= 0.6 is 33.9 Å². The van der Waals surface area contributed by atoms with E-state index in [2.05, 4.69) is 36.4 Å². The topological polar surface area (TPSA) is 18.5 Å². The molecule has 0 radical (unpaired) electrons. The van der Waals surface area contributed by atoms with Crippen molar-refractivity contribution in [1.29, 1.82) is 0 Å². The molecule has 2 nitrogen and oxygen atoms in total. The monoisotopic (exact) mass is 776 g/mol. The van der Waals surface area contributed by atoms with Gasteiger partial charge in [0, 0.05) is 8.45 Å². The molecule has 0 spiro atoms. The number of benzene rings is 2. The van der Waals surface area contributed by atoms with E-state index in [9.17, 15) is 17.6 Å². The summed E-state index contributed by atoms with van der Waals surface area (Å²) in [4.78, 5) is 1.08. The van der Waals surface area contributed by atoms with Crippen molar-refractivity contribution in [2.75, 3.05) is 13.2 Å². The lowest BCUT2D eigenvalue weighted by Crippen LogP contribution is -2.18. The Labute approximate surface area is 292 Å². The first-order valence-electron chi connectivity index (χ1n) is 17.1. The summed E-state index contributed by atoms with van der Waals surface area (Å²) < 4.78 is 66.4. The quantitative estimate of drug-likeness (QED) is 0.0542. The lowest BCUT2D eigenvalue weighted by Gasteiger charge is -2.17. The zero-order valence-corrected chi connectivity index (χ0v) is 30.7. The van der Waals surface area contributed by atoms with Crippen LogP contribution in [0, 0.1) is 3.57 Å². The van der Waals surface area contributed by atoms with E-state index in [1.165, 1.54) is 88.5 Å². The van der Waals surface area contributed by atoms with E-state index in [-0.39, 0.29) is 24.3 Å². The average Bonchev–Trinajstić information content (AvgIpc) is 3.59. The Morgan fingerprint density at radius 2 is 0.935 bits per heavy atom. The largest absolute Gasteiger partial charge is 0.383 e. The molecular formula is C38H53F4IO2S. The summed E-state index contributed by atoms with van der Waals surface area (Å²) in [5.41, 5.74) is 0.812. The van der Waals surface area contributed by atoms with E-state index >= 15 is 0 Å². The maximum Gasteiger partial charge on any atom is 0.383 e. The van der Waals surface area contributed by atoms with Gasteiger partial charge in [0.1, 0.15) is 0 Å². The van der Waals surface area contributed by atoms with Crippen molar-refractivity contribution in [1.82, 2.24) is 0 Å². The van der Waals surface area contributed by atoms with Gasteiger partial charge in [-0.2, -0.15) is 17.6 Å². The Balaban J connectivity index is 0.000000326. The van der Waals surface area contributed by atoms with Crippen LogP contribution in [0.1, 0.15) is 128 Å². The van der Waals surface area contributed by atoms with Crippen LogP contribution in [0.25, 0.3) is 10.4 Å². The second-order valence-electron chi connectivity index (χ2n) is 11.7. The van der Waals surface area contributed by atoms with E-state index in [1.807, 2.05) is 17.5 Å². The summed E-state index contributed by atoms with van der Waals surface area (Å²) in [5, 5.41) is 1.98. The van der Waals surface area contributed by atoms with Gasteiger partial charge in [0.2, 0.25) is 0 Å². The molecule has 2 aromatic carbocycles. The molecule has 0 aliphatic carbocycles. The summed E-state index contributed by atoms with van der Waals surface area (Å²) in [6.45, 7) is 4.63. The highest BCUT2D eigenvalue weighted by Crippen LogP contribution is 2.33. The van der Waals surface area contributed by atoms with Gasteiger partial charge >= 0.3 is 12.2 Å². The van der Waals surface area contributed by atoms with Gasteiger partial charge in [0.05, 0.1) is 24.3 Å². The van der Waals surface area contributed by atoms with Crippen molar-refractivity contribution in [3.63, 3.8) is 0 Å². The summed E-state index contributed by atoms with van der Waals surface area (Å²) >= 11 is 3.69. The Bertz CT molecular complexity index is 1140. The predicted molar refractivity (Wildman–Crippen MR) is 194 cm³/mol. The van der Waals surface area contributed by atoms with Gasteiger partial charge < -0.3 is 9.47 Å². The number of halogens is 5. The smallest absolute Gasteiger partial charge is 0.317 e. The zero-order chi connectivity index (χ0) is 33.5. The van der Waals surface area contributed by atoms with Gasteiger partial charge in [-0.3, -0.25) is 0 Å². The van der Waals surface area contributed by atoms with Crippen molar-refractivity contribution in [3.05, 3.63) is 80.7 Å². The van der Waals surface area contributed by atoms with Gasteiger partial charge in [-0.25, -0.2) is 0 Å². The Kier molecular flexibility index (Phi) is 21.0. The highest BCUT2D eigenvalue weighted by molar-refractivity contribution is 14.1. The van der Waals surface area contributed by atoms with Crippen LogP contribution in [0.3, 0.4) is 0 Å². The SMILES string of the molecule is CCCCCCCCCCOC(F)(F)c1ccc(-c2cccs2)cc1.CCCCCCCCCCOC(F)(F)c1ccc(I)cc1. The minimum absolute atomic E-state index is 0.0671. The molecule has 3 rings (SSSR count). The number of alkyl halides is 4. The third-order valence-electron chi connectivity index (χ3n) is 7.77.